The fraction of sp³-hybridized carbons (Fsp3) is 0.462. The van der Waals surface area contributed by atoms with E-state index in [1.807, 2.05) is 0 Å². The van der Waals surface area contributed by atoms with Crippen LogP contribution in [0.4, 0.5) is 13.2 Å². The van der Waals surface area contributed by atoms with Crippen LogP contribution >= 0.6 is 0 Å². The van der Waals surface area contributed by atoms with Crippen LogP contribution in [0.5, 0.6) is 0 Å². The van der Waals surface area contributed by atoms with E-state index in [2.05, 4.69) is 5.32 Å². The minimum absolute atomic E-state index is 0.160. The predicted octanol–water partition coefficient (Wildman–Crippen LogP) is 1.96. The zero-order chi connectivity index (χ0) is 14.5. The molecule has 0 saturated heterocycles. The summed E-state index contributed by atoms with van der Waals surface area (Å²) in [6.45, 7) is 2.46. The number of carbonyl (C=O) groups excluding carboxylic acids is 1. The van der Waals surface area contributed by atoms with E-state index in [-0.39, 0.29) is 12.5 Å². The van der Waals surface area contributed by atoms with Crippen molar-refractivity contribution in [2.75, 3.05) is 13.1 Å². The van der Waals surface area contributed by atoms with Crippen molar-refractivity contribution in [2.45, 2.75) is 19.5 Å². The van der Waals surface area contributed by atoms with E-state index in [9.17, 15) is 18.0 Å². The Bertz CT molecular complexity index is 415. The highest BCUT2D eigenvalue weighted by molar-refractivity contribution is 5.79. The molecule has 0 aliphatic rings. The summed E-state index contributed by atoms with van der Waals surface area (Å²) < 4.78 is 37.2. The number of nitrogens with one attached hydrogen (secondary N) is 1. The molecule has 106 valence electrons. The molecule has 0 aromatic heterocycles. The molecule has 1 rings (SSSR count). The lowest BCUT2D eigenvalue weighted by molar-refractivity contribution is -0.137. The molecule has 1 aromatic rings. The van der Waals surface area contributed by atoms with Gasteiger partial charge in [0.25, 0.3) is 0 Å². The number of benzene rings is 1. The van der Waals surface area contributed by atoms with Gasteiger partial charge in [-0.25, -0.2) is 0 Å². The van der Waals surface area contributed by atoms with Crippen molar-refractivity contribution in [3.05, 3.63) is 35.4 Å². The van der Waals surface area contributed by atoms with Gasteiger partial charge in [-0.15, -0.1) is 0 Å². The topological polar surface area (TPSA) is 55.1 Å². The fourth-order valence-electron chi connectivity index (χ4n) is 1.72. The van der Waals surface area contributed by atoms with Gasteiger partial charge in [-0.3, -0.25) is 4.79 Å². The van der Waals surface area contributed by atoms with Gasteiger partial charge in [0, 0.05) is 13.1 Å². The van der Waals surface area contributed by atoms with E-state index >= 15 is 0 Å². The highest BCUT2D eigenvalue weighted by Gasteiger charge is 2.30. The van der Waals surface area contributed by atoms with Crippen LogP contribution in [0.2, 0.25) is 0 Å². The van der Waals surface area contributed by atoms with Crippen LogP contribution in [0, 0.1) is 5.92 Å². The van der Waals surface area contributed by atoms with Crippen molar-refractivity contribution in [3.63, 3.8) is 0 Å². The highest BCUT2D eigenvalue weighted by Crippen LogP contribution is 2.29. The molecule has 0 radical (unpaired) electrons. The Morgan fingerprint density at radius 2 is 1.89 bits per heavy atom. The van der Waals surface area contributed by atoms with Gasteiger partial charge in [-0.2, -0.15) is 13.2 Å². The zero-order valence-corrected chi connectivity index (χ0v) is 10.6. The van der Waals surface area contributed by atoms with Gasteiger partial charge in [0.15, 0.2) is 0 Å². The molecule has 0 saturated carbocycles. The molecule has 0 fully saturated rings. The third-order valence-corrected chi connectivity index (χ3v) is 2.77. The average Bonchev–Trinajstić information content (AvgIpc) is 2.35. The number of nitrogens with two attached hydrogens (primary N) is 1. The molecule has 1 amide bonds. The number of alkyl halides is 3. The van der Waals surface area contributed by atoms with Crippen LogP contribution in [0.3, 0.4) is 0 Å². The average molecular weight is 274 g/mol. The summed E-state index contributed by atoms with van der Waals surface area (Å²) in [4.78, 5) is 11.6. The van der Waals surface area contributed by atoms with Crippen LogP contribution < -0.4 is 11.1 Å². The minimum atomic E-state index is -4.34. The maximum atomic E-state index is 12.4. The van der Waals surface area contributed by atoms with E-state index < -0.39 is 17.7 Å². The summed E-state index contributed by atoms with van der Waals surface area (Å²) in [5, 5.41) is 2.65. The molecule has 0 aliphatic heterocycles. The molecule has 3 nitrogen and oxygen atoms in total. The van der Waals surface area contributed by atoms with E-state index in [0.29, 0.717) is 18.5 Å². The number of carbonyl (C=O) groups is 1. The summed E-state index contributed by atoms with van der Waals surface area (Å²) in [6.07, 6.45) is -4.01. The Hall–Kier alpha value is -1.56. The Morgan fingerprint density at radius 3 is 2.32 bits per heavy atom. The molecule has 0 bridgehead atoms. The standard InChI is InChI=1S/C13H17F3N2O/c1-2-18-12(19)10(8-17)7-9-3-5-11(6-4-9)13(14,15)16/h3-6,10H,2,7-8,17H2,1H3,(H,18,19). The Kier molecular flexibility index (Phi) is 5.35. The molecule has 0 spiro atoms. The second-order valence-electron chi connectivity index (χ2n) is 4.23. The molecular formula is C13H17F3N2O. The molecule has 0 heterocycles. The first-order valence-electron chi connectivity index (χ1n) is 6.02. The van der Waals surface area contributed by atoms with Crippen molar-refractivity contribution >= 4 is 5.91 Å². The Labute approximate surface area is 110 Å². The van der Waals surface area contributed by atoms with Crippen LogP contribution in [0.1, 0.15) is 18.1 Å². The smallest absolute Gasteiger partial charge is 0.356 e. The predicted molar refractivity (Wildman–Crippen MR) is 66.4 cm³/mol. The van der Waals surface area contributed by atoms with Crippen molar-refractivity contribution in [3.8, 4) is 0 Å². The van der Waals surface area contributed by atoms with E-state index in [0.717, 1.165) is 12.1 Å². The molecule has 0 aliphatic carbocycles. The third kappa shape index (κ3) is 4.55. The highest BCUT2D eigenvalue weighted by atomic mass is 19.4. The number of hydrogen-bond donors (Lipinski definition) is 2. The van der Waals surface area contributed by atoms with Crippen molar-refractivity contribution in [1.82, 2.24) is 5.32 Å². The monoisotopic (exact) mass is 274 g/mol. The lowest BCUT2D eigenvalue weighted by Crippen LogP contribution is -2.36. The van der Waals surface area contributed by atoms with Gasteiger partial charge in [0.2, 0.25) is 5.91 Å². The Morgan fingerprint density at radius 1 is 1.32 bits per heavy atom. The van der Waals surface area contributed by atoms with Gasteiger partial charge in [0.05, 0.1) is 11.5 Å². The second kappa shape index (κ2) is 6.56. The second-order valence-corrected chi connectivity index (χ2v) is 4.23. The van der Waals surface area contributed by atoms with Crippen LogP contribution in [0.15, 0.2) is 24.3 Å². The van der Waals surface area contributed by atoms with Crippen molar-refractivity contribution in [1.29, 1.82) is 0 Å². The first-order chi connectivity index (χ1) is 8.88. The van der Waals surface area contributed by atoms with Crippen LogP contribution in [0.25, 0.3) is 0 Å². The lowest BCUT2D eigenvalue weighted by atomic mass is 9.97. The van der Waals surface area contributed by atoms with E-state index in [1.165, 1.54) is 12.1 Å². The molecule has 1 unspecified atom stereocenters. The van der Waals surface area contributed by atoms with Gasteiger partial charge >= 0.3 is 6.18 Å². The number of amides is 1. The molecule has 6 heteroatoms. The normalized spacial score (nSPS) is 13.1. The van der Waals surface area contributed by atoms with Crippen LogP contribution in [-0.2, 0) is 17.4 Å². The van der Waals surface area contributed by atoms with Crippen molar-refractivity contribution in [2.24, 2.45) is 11.7 Å². The first-order valence-corrected chi connectivity index (χ1v) is 6.02. The molecule has 1 atom stereocenters. The quantitative estimate of drug-likeness (QED) is 0.862. The maximum absolute atomic E-state index is 12.4. The summed E-state index contributed by atoms with van der Waals surface area (Å²) >= 11 is 0. The molecule has 3 N–H and O–H groups in total. The summed E-state index contributed by atoms with van der Waals surface area (Å²) in [7, 11) is 0. The lowest BCUT2D eigenvalue weighted by Gasteiger charge is -2.14. The largest absolute Gasteiger partial charge is 0.416 e. The number of hydrogen-bond acceptors (Lipinski definition) is 2. The van der Waals surface area contributed by atoms with Crippen LogP contribution in [-0.4, -0.2) is 19.0 Å². The minimum Gasteiger partial charge on any atom is -0.356 e. The molecular weight excluding hydrogens is 257 g/mol. The zero-order valence-electron chi connectivity index (χ0n) is 10.6. The number of rotatable bonds is 5. The van der Waals surface area contributed by atoms with Gasteiger partial charge in [-0.1, -0.05) is 12.1 Å². The fourth-order valence-corrected chi connectivity index (χ4v) is 1.72. The first kappa shape index (κ1) is 15.5. The summed E-state index contributed by atoms with van der Waals surface area (Å²) in [5.74, 6) is -0.596. The number of halogens is 3. The van der Waals surface area contributed by atoms with E-state index in [4.69, 9.17) is 5.73 Å². The Balaban J connectivity index is 2.73. The summed E-state index contributed by atoms with van der Waals surface area (Å²) in [6, 6.07) is 4.79. The summed E-state index contributed by atoms with van der Waals surface area (Å²) in [5.41, 5.74) is 5.48. The van der Waals surface area contributed by atoms with E-state index in [1.54, 1.807) is 6.92 Å². The third-order valence-electron chi connectivity index (χ3n) is 2.77. The van der Waals surface area contributed by atoms with Gasteiger partial charge < -0.3 is 11.1 Å². The van der Waals surface area contributed by atoms with Gasteiger partial charge in [-0.05, 0) is 31.0 Å². The molecule has 19 heavy (non-hydrogen) atoms. The SMILES string of the molecule is CCNC(=O)C(CN)Cc1ccc(C(F)(F)F)cc1. The maximum Gasteiger partial charge on any atom is 0.416 e. The molecule has 1 aromatic carbocycles. The van der Waals surface area contributed by atoms with Gasteiger partial charge in [0.1, 0.15) is 0 Å². The van der Waals surface area contributed by atoms with Crippen molar-refractivity contribution < 1.29 is 18.0 Å².